The normalized spacial score (nSPS) is 10.3. The molecule has 0 unspecified atom stereocenters. The molecule has 7 heteroatoms. The molecule has 0 atom stereocenters. The van der Waals surface area contributed by atoms with Crippen molar-refractivity contribution in [2.45, 2.75) is 6.54 Å². The Bertz CT molecular complexity index is 879. The zero-order chi connectivity index (χ0) is 17.6. The zero-order valence-corrected chi connectivity index (χ0v) is 14.3. The van der Waals surface area contributed by atoms with E-state index in [9.17, 15) is 4.79 Å². The number of aromatic nitrogens is 2. The number of hydrogen-bond donors (Lipinski definition) is 2. The van der Waals surface area contributed by atoms with E-state index in [4.69, 9.17) is 16.3 Å². The summed E-state index contributed by atoms with van der Waals surface area (Å²) in [5, 5.41) is 10.3. The Balaban J connectivity index is 1.61. The number of hydrogen-bond acceptors (Lipinski definition) is 3. The lowest BCUT2D eigenvalue weighted by molar-refractivity contribution is 0.251. The second-order valence-corrected chi connectivity index (χ2v) is 5.65. The van der Waals surface area contributed by atoms with Crippen LogP contribution in [0.15, 0.2) is 60.9 Å². The summed E-state index contributed by atoms with van der Waals surface area (Å²) in [5.74, 6) is 0.731. The molecule has 0 saturated carbocycles. The van der Waals surface area contributed by atoms with E-state index in [1.54, 1.807) is 30.3 Å². The number of methoxy groups -OCH3 is 1. The minimum Gasteiger partial charge on any atom is -0.496 e. The number of urea groups is 1. The molecule has 25 heavy (non-hydrogen) atoms. The molecule has 0 fully saturated rings. The van der Waals surface area contributed by atoms with Gasteiger partial charge in [0.15, 0.2) is 0 Å². The Morgan fingerprint density at radius 1 is 1.20 bits per heavy atom. The number of halogens is 1. The van der Waals surface area contributed by atoms with Crippen molar-refractivity contribution in [3.8, 4) is 11.4 Å². The molecule has 128 valence electrons. The summed E-state index contributed by atoms with van der Waals surface area (Å²) in [5.41, 5.74) is 2.20. The minimum atomic E-state index is -0.329. The maximum absolute atomic E-state index is 12.1. The van der Waals surface area contributed by atoms with Crippen LogP contribution < -0.4 is 15.4 Å². The number of anilines is 1. The van der Waals surface area contributed by atoms with Crippen molar-refractivity contribution in [1.29, 1.82) is 0 Å². The van der Waals surface area contributed by atoms with Crippen LogP contribution in [0.25, 0.3) is 5.69 Å². The number of para-hydroxylation sites is 2. The molecule has 0 aliphatic rings. The fraction of sp³-hybridized carbons (Fsp3) is 0.111. The molecule has 2 N–H and O–H groups in total. The third kappa shape index (κ3) is 4.10. The van der Waals surface area contributed by atoms with E-state index >= 15 is 0 Å². The number of amides is 2. The summed E-state index contributed by atoms with van der Waals surface area (Å²) < 4.78 is 6.87. The number of benzene rings is 2. The van der Waals surface area contributed by atoms with Gasteiger partial charge in [-0.1, -0.05) is 41.9 Å². The Kier molecular flexibility index (Phi) is 5.20. The topological polar surface area (TPSA) is 68.2 Å². The molecular weight excluding hydrogens is 340 g/mol. The van der Waals surface area contributed by atoms with Gasteiger partial charge in [-0.15, -0.1) is 0 Å². The molecule has 3 aromatic rings. The highest BCUT2D eigenvalue weighted by Gasteiger charge is 2.08. The van der Waals surface area contributed by atoms with Crippen LogP contribution in [-0.4, -0.2) is 22.9 Å². The van der Waals surface area contributed by atoms with Crippen LogP contribution in [0.3, 0.4) is 0 Å². The van der Waals surface area contributed by atoms with Gasteiger partial charge in [0.25, 0.3) is 0 Å². The van der Waals surface area contributed by atoms with Gasteiger partial charge in [0, 0.05) is 12.1 Å². The van der Waals surface area contributed by atoms with Crippen LogP contribution in [0, 0.1) is 0 Å². The summed E-state index contributed by atoms with van der Waals surface area (Å²) in [6.07, 6.45) is 3.26. The lowest BCUT2D eigenvalue weighted by atomic mass is 10.2. The SMILES string of the molecule is COc1ccccc1CNC(=O)Nc1cnn(-c2ccccc2Cl)c1. The van der Waals surface area contributed by atoms with Gasteiger partial charge in [0.2, 0.25) is 0 Å². The van der Waals surface area contributed by atoms with E-state index in [1.165, 1.54) is 0 Å². The average Bonchev–Trinajstić information content (AvgIpc) is 3.08. The molecule has 2 aromatic carbocycles. The fourth-order valence-corrected chi connectivity index (χ4v) is 2.58. The minimum absolute atomic E-state index is 0.329. The second kappa shape index (κ2) is 7.72. The molecule has 0 bridgehead atoms. The van der Waals surface area contributed by atoms with Gasteiger partial charge in [-0.05, 0) is 18.2 Å². The number of carbonyl (C=O) groups is 1. The summed E-state index contributed by atoms with van der Waals surface area (Å²) in [6, 6.07) is 14.5. The molecule has 6 nitrogen and oxygen atoms in total. The van der Waals surface area contributed by atoms with Gasteiger partial charge in [-0.3, -0.25) is 0 Å². The summed E-state index contributed by atoms with van der Waals surface area (Å²) in [6.45, 7) is 0.356. The first-order valence-corrected chi connectivity index (χ1v) is 8.01. The monoisotopic (exact) mass is 356 g/mol. The largest absolute Gasteiger partial charge is 0.496 e. The van der Waals surface area contributed by atoms with Crippen LogP contribution in [0.5, 0.6) is 5.75 Å². The number of rotatable bonds is 5. The molecule has 1 aromatic heterocycles. The van der Waals surface area contributed by atoms with Crippen molar-refractivity contribution in [2.24, 2.45) is 0 Å². The lowest BCUT2D eigenvalue weighted by Gasteiger charge is -2.09. The van der Waals surface area contributed by atoms with E-state index < -0.39 is 0 Å². The van der Waals surface area contributed by atoms with Crippen molar-refractivity contribution in [3.63, 3.8) is 0 Å². The molecule has 0 radical (unpaired) electrons. The van der Waals surface area contributed by atoms with Crippen molar-refractivity contribution in [3.05, 3.63) is 71.5 Å². The van der Waals surface area contributed by atoms with Gasteiger partial charge < -0.3 is 15.4 Å². The highest BCUT2D eigenvalue weighted by molar-refractivity contribution is 6.32. The predicted octanol–water partition coefficient (Wildman–Crippen LogP) is 3.86. The first kappa shape index (κ1) is 16.9. The molecule has 0 aliphatic heterocycles. The summed E-state index contributed by atoms with van der Waals surface area (Å²) >= 11 is 6.15. The standard InChI is InChI=1S/C18H17ClN4O2/c1-25-17-9-5-2-6-13(17)10-20-18(24)22-14-11-21-23(12-14)16-8-4-3-7-15(16)19/h2-9,11-12H,10H2,1H3,(H2,20,22,24). The van der Waals surface area contributed by atoms with Gasteiger partial charge in [0.1, 0.15) is 5.75 Å². The first-order chi connectivity index (χ1) is 12.2. The number of ether oxygens (including phenoxy) is 1. The highest BCUT2D eigenvalue weighted by Crippen LogP contribution is 2.20. The summed E-state index contributed by atoms with van der Waals surface area (Å²) in [4.78, 5) is 12.1. The van der Waals surface area contributed by atoms with Gasteiger partial charge in [0.05, 0.1) is 35.9 Å². The molecule has 3 rings (SSSR count). The van der Waals surface area contributed by atoms with Crippen molar-refractivity contribution < 1.29 is 9.53 Å². The lowest BCUT2D eigenvalue weighted by Crippen LogP contribution is -2.28. The Labute approximate surface area is 150 Å². The Morgan fingerprint density at radius 2 is 1.96 bits per heavy atom. The van der Waals surface area contributed by atoms with E-state index in [1.807, 2.05) is 42.5 Å². The molecule has 1 heterocycles. The average molecular weight is 357 g/mol. The van der Waals surface area contributed by atoms with Gasteiger partial charge in [-0.25, -0.2) is 9.48 Å². The number of nitrogens with zero attached hydrogens (tertiary/aromatic N) is 2. The summed E-state index contributed by atoms with van der Waals surface area (Å²) in [7, 11) is 1.60. The van der Waals surface area contributed by atoms with E-state index in [-0.39, 0.29) is 6.03 Å². The van der Waals surface area contributed by atoms with Crippen LogP contribution in [0.1, 0.15) is 5.56 Å². The Morgan fingerprint density at radius 3 is 2.76 bits per heavy atom. The van der Waals surface area contributed by atoms with Crippen LogP contribution in [-0.2, 0) is 6.54 Å². The Hall–Kier alpha value is -2.99. The third-order valence-electron chi connectivity index (χ3n) is 3.57. The van der Waals surface area contributed by atoms with Crippen molar-refractivity contribution in [2.75, 3.05) is 12.4 Å². The number of nitrogens with one attached hydrogen (secondary N) is 2. The van der Waals surface area contributed by atoms with Gasteiger partial charge in [-0.2, -0.15) is 5.10 Å². The third-order valence-corrected chi connectivity index (χ3v) is 3.89. The zero-order valence-electron chi connectivity index (χ0n) is 13.6. The quantitative estimate of drug-likeness (QED) is 0.729. The first-order valence-electron chi connectivity index (χ1n) is 7.63. The second-order valence-electron chi connectivity index (χ2n) is 5.24. The molecule has 2 amide bonds. The smallest absolute Gasteiger partial charge is 0.319 e. The van der Waals surface area contributed by atoms with Crippen LogP contribution in [0.2, 0.25) is 5.02 Å². The van der Waals surface area contributed by atoms with E-state index in [0.29, 0.717) is 17.3 Å². The number of carbonyl (C=O) groups excluding carboxylic acids is 1. The predicted molar refractivity (Wildman–Crippen MR) is 97.4 cm³/mol. The van der Waals surface area contributed by atoms with E-state index in [0.717, 1.165) is 17.0 Å². The van der Waals surface area contributed by atoms with Crippen molar-refractivity contribution in [1.82, 2.24) is 15.1 Å². The highest BCUT2D eigenvalue weighted by atomic mass is 35.5. The molecule has 0 aliphatic carbocycles. The molecule has 0 saturated heterocycles. The molecular formula is C18H17ClN4O2. The maximum atomic E-state index is 12.1. The van der Waals surface area contributed by atoms with E-state index in [2.05, 4.69) is 15.7 Å². The van der Waals surface area contributed by atoms with Crippen LogP contribution in [0.4, 0.5) is 10.5 Å². The van der Waals surface area contributed by atoms with Crippen molar-refractivity contribution >= 4 is 23.3 Å². The van der Waals surface area contributed by atoms with Gasteiger partial charge >= 0.3 is 6.03 Å². The maximum Gasteiger partial charge on any atom is 0.319 e. The van der Waals surface area contributed by atoms with Crippen LogP contribution >= 0.6 is 11.6 Å². The molecule has 0 spiro atoms. The fourth-order valence-electron chi connectivity index (χ4n) is 2.36.